The molecular weight excluding hydrogens is 236 g/mol. The van der Waals surface area contributed by atoms with Crippen molar-refractivity contribution < 1.29 is 0 Å². The minimum Gasteiger partial charge on any atom is -0.334 e. The lowest BCUT2D eigenvalue weighted by atomic mass is 10.1. The standard InChI is InChI=1S/C15H12N4/c1-18-10-17-13-8-11(2-4-14(13)18)12-3-5-15-16-6-7-19(15)9-12/h2-10H,1H3. The lowest BCUT2D eigenvalue weighted by molar-refractivity contribution is 0.948. The number of hydrogen-bond acceptors (Lipinski definition) is 2. The van der Waals surface area contributed by atoms with Crippen molar-refractivity contribution in [1.29, 1.82) is 0 Å². The monoisotopic (exact) mass is 248 g/mol. The summed E-state index contributed by atoms with van der Waals surface area (Å²) in [6.07, 6.45) is 7.69. The summed E-state index contributed by atoms with van der Waals surface area (Å²) in [5.74, 6) is 0. The van der Waals surface area contributed by atoms with Crippen LogP contribution in [0.5, 0.6) is 0 Å². The van der Waals surface area contributed by atoms with E-state index in [1.807, 2.05) is 34.6 Å². The van der Waals surface area contributed by atoms with Gasteiger partial charge in [-0.2, -0.15) is 0 Å². The Hall–Kier alpha value is -2.62. The molecule has 4 heteroatoms. The van der Waals surface area contributed by atoms with Crippen molar-refractivity contribution in [3.05, 3.63) is 55.2 Å². The van der Waals surface area contributed by atoms with Crippen LogP contribution in [0.25, 0.3) is 27.8 Å². The smallest absolute Gasteiger partial charge is 0.136 e. The Bertz CT molecular complexity index is 885. The summed E-state index contributed by atoms with van der Waals surface area (Å²) in [6.45, 7) is 0. The number of aryl methyl sites for hydroxylation is 1. The molecule has 4 nitrogen and oxygen atoms in total. The van der Waals surface area contributed by atoms with Gasteiger partial charge in [-0.25, -0.2) is 9.97 Å². The molecule has 0 saturated heterocycles. The van der Waals surface area contributed by atoms with Gasteiger partial charge in [-0.1, -0.05) is 6.07 Å². The molecule has 0 aliphatic rings. The van der Waals surface area contributed by atoms with Gasteiger partial charge in [0.1, 0.15) is 5.65 Å². The predicted octanol–water partition coefficient (Wildman–Crippen LogP) is 2.89. The van der Waals surface area contributed by atoms with Crippen molar-refractivity contribution in [2.24, 2.45) is 7.05 Å². The molecule has 0 atom stereocenters. The van der Waals surface area contributed by atoms with Crippen molar-refractivity contribution >= 4 is 16.7 Å². The van der Waals surface area contributed by atoms with Crippen molar-refractivity contribution in [2.75, 3.05) is 0 Å². The van der Waals surface area contributed by atoms with Gasteiger partial charge in [0.15, 0.2) is 0 Å². The van der Waals surface area contributed by atoms with Crippen LogP contribution in [0.3, 0.4) is 0 Å². The van der Waals surface area contributed by atoms with Crippen LogP contribution in [-0.4, -0.2) is 18.9 Å². The normalized spacial score (nSPS) is 11.4. The molecule has 0 spiro atoms. The molecule has 0 amide bonds. The first-order valence-corrected chi connectivity index (χ1v) is 6.15. The number of aromatic nitrogens is 4. The van der Waals surface area contributed by atoms with Gasteiger partial charge in [-0.05, 0) is 35.4 Å². The number of fused-ring (bicyclic) bond motifs is 2. The molecule has 0 radical (unpaired) electrons. The number of nitrogens with zero attached hydrogens (tertiary/aromatic N) is 4. The van der Waals surface area contributed by atoms with E-state index in [-0.39, 0.29) is 0 Å². The summed E-state index contributed by atoms with van der Waals surface area (Å²) in [5, 5.41) is 0. The molecule has 0 N–H and O–H groups in total. The fraction of sp³-hybridized carbons (Fsp3) is 0.0667. The average molecular weight is 248 g/mol. The zero-order valence-electron chi connectivity index (χ0n) is 10.5. The Kier molecular flexibility index (Phi) is 2.00. The van der Waals surface area contributed by atoms with E-state index in [1.165, 1.54) is 5.56 Å². The number of imidazole rings is 2. The van der Waals surface area contributed by atoms with Crippen LogP contribution in [-0.2, 0) is 7.05 Å². The van der Waals surface area contributed by atoms with E-state index in [0.29, 0.717) is 0 Å². The maximum atomic E-state index is 4.40. The lowest BCUT2D eigenvalue weighted by Gasteiger charge is -2.03. The first-order chi connectivity index (χ1) is 9.31. The molecule has 19 heavy (non-hydrogen) atoms. The summed E-state index contributed by atoms with van der Waals surface area (Å²) < 4.78 is 4.05. The van der Waals surface area contributed by atoms with Crippen LogP contribution >= 0.6 is 0 Å². The Morgan fingerprint density at radius 3 is 2.84 bits per heavy atom. The molecule has 4 aromatic rings. The van der Waals surface area contributed by atoms with Gasteiger partial charge in [0.2, 0.25) is 0 Å². The largest absolute Gasteiger partial charge is 0.334 e. The maximum Gasteiger partial charge on any atom is 0.136 e. The highest BCUT2D eigenvalue weighted by molar-refractivity contribution is 5.82. The summed E-state index contributed by atoms with van der Waals surface area (Å²) >= 11 is 0. The fourth-order valence-corrected chi connectivity index (χ4v) is 2.41. The summed E-state index contributed by atoms with van der Waals surface area (Å²) in [7, 11) is 2.01. The van der Waals surface area contributed by atoms with Gasteiger partial charge in [0.25, 0.3) is 0 Å². The van der Waals surface area contributed by atoms with Crippen LogP contribution in [0.4, 0.5) is 0 Å². The second kappa shape index (κ2) is 3.68. The molecule has 92 valence electrons. The van der Waals surface area contributed by atoms with Gasteiger partial charge in [0.05, 0.1) is 17.4 Å². The molecule has 0 aliphatic carbocycles. The third kappa shape index (κ3) is 1.53. The van der Waals surface area contributed by atoms with Crippen LogP contribution in [0.1, 0.15) is 0 Å². The number of pyridine rings is 1. The van der Waals surface area contributed by atoms with Crippen molar-refractivity contribution in [2.45, 2.75) is 0 Å². The Labute approximate surface area is 110 Å². The van der Waals surface area contributed by atoms with Crippen LogP contribution in [0.2, 0.25) is 0 Å². The molecule has 4 rings (SSSR count). The Balaban J connectivity index is 1.92. The van der Waals surface area contributed by atoms with E-state index in [2.05, 4.69) is 40.4 Å². The first-order valence-electron chi connectivity index (χ1n) is 6.15. The molecule has 0 unspecified atom stereocenters. The molecular formula is C15H12N4. The SMILES string of the molecule is Cn1cnc2cc(-c3ccc4nccn4c3)ccc21. The van der Waals surface area contributed by atoms with Crippen LogP contribution in [0, 0.1) is 0 Å². The lowest BCUT2D eigenvalue weighted by Crippen LogP contribution is -1.87. The molecule has 0 aliphatic heterocycles. The summed E-state index contributed by atoms with van der Waals surface area (Å²) in [6, 6.07) is 10.5. The Morgan fingerprint density at radius 2 is 1.89 bits per heavy atom. The van der Waals surface area contributed by atoms with E-state index in [0.717, 1.165) is 22.2 Å². The third-order valence-corrected chi connectivity index (χ3v) is 3.45. The fourth-order valence-electron chi connectivity index (χ4n) is 2.41. The van der Waals surface area contributed by atoms with E-state index >= 15 is 0 Å². The number of benzene rings is 1. The molecule has 1 aromatic carbocycles. The minimum atomic E-state index is 0.961. The zero-order chi connectivity index (χ0) is 12.8. The van der Waals surface area contributed by atoms with E-state index in [4.69, 9.17) is 0 Å². The number of hydrogen-bond donors (Lipinski definition) is 0. The molecule has 0 fully saturated rings. The van der Waals surface area contributed by atoms with Gasteiger partial charge in [-0.15, -0.1) is 0 Å². The molecule has 0 bridgehead atoms. The zero-order valence-corrected chi connectivity index (χ0v) is 10.5. The summed E-state index contributed by atoms with van der Waals surface area (Å²) in [4.78, 5) is 8.65. The second-order valence-electron chi connectivity index (χ2n) is 4.67. The van der Waals surface area contributed by atoms with Crippen LogP contribution in [0.15, 0.2) is 55.2 Å². The van der Waals surface area contributed by atoms with E-state index < -0.39 is 0 Å². The second-order valence-corrected chi connectivity index (χ2v) is 4.67. The van der Waals surface area contributed by atoms with Crippen LogP contribution < -0.4 is 0 Å². The van der Waals surface area contributed by atoms with Gasteiger partial charge in [-0.3, -0.25) is 0 Å². The predicted molar refractivity (Wildman–Crippen MR) is 74.9 cm³/mol. The highest BCUT2D eigenvalue weighted by Crippen LogP contribution is 2.23. The maximum absolute atomic E-state index is 4.40. The van der Waals surface area contributed by atoms with E-state index in [9.17, 15) is 0 Å². The molecule has 3 heterocycles. The minimum absolute atomic E-state index is 0.961. The highest BCUT2D eigenvalue weighted by Gasteiger charge is 2.04. The van der Waals surface area contributed by atoms with Crippen molar-refractivity contribution in [1.82, 2.24) is 18.9 Å². The van der Waals surface area contributed by atoms with Crippen molar-refractivity contribution in [3.63, 3.8) is 0 Å². The quantitative estimate of drug-likeness (QED) is 0.519. The average Bonchev–Trinajstić information content (AvgIpc) is 3.04. The van der Waals surface area contributed by atoms with Gasteiger partial charge in [0, 0.05) is 25.6 Å². The Morgan fingerprint density at radius 1 is 1.00 bits per heavy atom. The number of rotatable bonds is 1. The van der Waals surface area contributed by atoms with Gasteiger partial charge < -0.3 is 8.97 Å². The van der Waals surface area contributed by atoms with Gasteiger partial charge >= 0.3 is 0 Å². The highest BCUT2D eigenvalue weighted by atomic mass is 15.0. The van der Waals surface area contributed by atoms with E-state index in [1.54, 1.807) is 6.20 Å². The molecule has 3 aromatic heterocycles. The molecule has 0 saturated carbocycles. The topological polar surface area (TPSA) is 35.1 Å². The summed E-state index contributed by atoms with van der Waals surface area (Å²) in [5.41, 5.74) is 5.46. The first kappa shape index (κ1) is 10.3. The van der Waals surface area contributed by atoms with Crippen molar-refractivity contribution in [3.8, 4) is 11.1 Å². The third-order valence-electron chi connectivity index (χ3n) is 3.45.